The van der Waals surface area contributed by atoms with Gasteiger partial charge in [0, 0.05) is 16.0 Å². The van der Waals surface area contributed by atoms with Crippen LogP contribution in [-0.4, -0.2) is 22.4 Å². The van der Waals surface area contributed by atoms with Crippen molar-refractivity contribution in [1.29, 1.82) is 0 Å². The fourth-order valence-electron chi connectivity index (χ4n) is 1.59. The van der Waals surface area contributed by atoms with E-state index < -0.39 is 0 Å². The van der Waals surface area contributed by atoms with E-state index in [1.807, 2.05) is 6.92 Å². The number of benzene rings is 1. The molecule has 0 aliphatic rings. The lowest BCUT2D eigenvalue weighted by Gasteiger charge is -2.08. The summed E-state index contributed by atoms with van der Waals surface area (Å²) in [5, 5.41) is 6.38. The summed E-state index contributed by atoms with van der Waals surface area (Å²) in [6.07, 6.45) is 3.97. The molecule has 0 aliphatic heterocycles. The molecule has 110 valence electrons. The average molecular weight is 370 g/mol. The SMILES string of the molecule is CCCNc1cncc(C(=O)Nc2cc(Cl)ccc2Br)n1. The monoisotopic (exact) mass is 368 g/mol. The third-order valence-corrected chi connectivity index (χ3v) is 3.53. The number of rotatable bonds is 5. The molecule has 7 heteroatoms. The Hall–Kier alpha value is -1.66. The zero-order chi connectivity index (χ0) is 15.2. The molecule has 0 saturated carbocycles. The van der Waals surface area contributed by atoms with Crippen LogP contribution in [0, 0.1) is 0 Å². The molecule has 0 radical (unpaired) electrons. The van der Waals surface area contributed by atoms with Crippen LogP contribution >= 0.6 is 27.5 Å². The van der Waals surface area contributed by atoms with Crippen LogP contribution in [0.2, 0.25) is 5.02 Å². The minimum absolute atomic E-state index is 0.239. The van der Waals surface area contributed by atoms with E-state index in [9.17, 15) is 4.79 Å². The van der Waals surface area contributed by atoms with Crippen LogP contribution in [0.25, 0.3) is 0 Å². The van der Waals surface area contributed by atoms with Crippen molar-refractivity contribution in [2.45, 2.75) is 13.3 Å². The first kappa shape index (κ1) is 15.7. The van der Waals surface area contributed by atoms with Gasteiger partial charge in [-0.3, -0.25) is 9.78 Å². The summed E-state index contributed by atoms with van der Waals surface area (Å²) in [5.41, 5.74) is 0.823. The molecule has 1 amide bonds. The largest absolute Gasteiger partial charge is 0.369 e. The lowest BCUT2D eigenvalue weighted by Crippen LogP contribution is -2.15. The summed E-state index contributed by atoms with van der Waals surface area (Å²) in [6.45, 7) is 2.83. The molecule has 2 N–H and O–H groups in total. The lowest BCUT2D eigenvalue weighted by molar-refractivity contribution is 0.102. The number of hydrogen-bond acceptors (Lipinski definition) is 4. The number of aromatic nitrogens is 2. The van der Waals surface area contributed by atoms with Crippen LogP contribution in [0.4, 0.5) is 11.5 Å². The number of anilines is 2. The molecular weight excluding hydrogens is 356 g/mol. The lowest BCUT2D eigenvalue weighted by atomic mass is 10.3. The Balaban J connectivity index is 2.14. The Morgan fingerprint density at radius 2 is 2.19 bits per heavy atom. The maximum Gasteiger partial charge on any atom is 0.275 e. The molecule has 2 rings (SSSR count). The Morgan fingerprint density at radius 3 is 2.95 bits per heavy atom. The van der Waals surface area contributed by atoms with Gasteiger partial charge in [-0.2, -0.15) is 0 Å². The molecule has 21 heavy (non-hydrogen) atoms. The van der Waals surface area contributed by atoms with Crippen LogP contribution in [0.3, 0.4) is 0 Å². The summed E-state index contributed by atoms with van der Waals surface area (Å²) < 4.78 is 0.744. The van der Waals surface area contributed by atoms with Crippen LogP contribution < -0.4 is 10.6 Å². The second kappa shape index (κ2) is 7.38. The Morgan fingerprint density at radius 1 is 1.38 bits per heavy atom. The predicted octanol–water partition coefficient (Wildman–Crippen LogP) is 3.97. The minimum Gasteiger partial charge on any atom is -0.369 e. The highest BCUT2D eigenvalue weighted by Crippen LogP contribution is 2.26. The Kier molecular flexibility index (Phi) is 5.52. The van der Waals surface area contributed by atoms with Gasteiger partial charge in [-0.25, -0.2) is 4.98 Å². The van der Waals surface area contributed by atoms with Crippen molar-refractivity contribution >= 4 is 44.9 Å². The van der Waals surface area contributed by atoms with E-state index in [0.29, 0.717) is 16.5 Å². The summed E-state index contributed by atoms with van der Waals surface area (Å²) in [4.78, 5) is 20.4. The van der Waals surface area contributed by atoms with E-state index in [2.05, 4.69) is 36.5 Å². The highest BCUT2D eigenvalue weighted by molar-refractivity contribution is 9.10. The van der Waals surface area contributed by atoms with Crippen molar-refractivity contribution in [3.05, 3.63) is 45.8 Å². The van der Waals surface area contributed by atoms with Crippen molar-refractivity contribution in [1.82, 2.24) is 9.97 Å². The first-order valence-corrected chi connectivity index (χ1v) is 7.59. The van der Waals surface area contributed by atoms with Crippen LogP contribution in [-0.2, 0) is 0 Å². The number of nitrogens with zero attached hydrogens (tertiary/aromatic N) is 2. The maximum atomic E-state index is 12.2. The van der Waals surface area contributed by atoms with Gasteiger partial charge in [0.05, 0.1) is 18.1 Å². The Labute approximate surface area is 136 Å². The standard InChI is InChI=1S/C14H14BrClN4O/c1-2-5-18-13-8-17-7-12(19-13)14(21)20-11-6-9(16)3-4-10(11)15/h3-4,6-8H,2,5H2,1H3,(H,18,19)(H,20,21). The number of hydrogen-bond donors (Lipinski definition) is 2. The molecule has 1 heterocycles. The van der Waals surface area contributed by atoms with Crippen molar-refractivity contribution in [2.75, 3.05) is 17.2 Å². The minimum atomic E-state index is -0.342. The zero-order valence-electron chi connectivity index (χ0n) is 11.4. The van der Waals surface area contributed by atoms with Gasteiger partial charge in [-0.05, 0) is 40.5 Å². The van der Waals surface area contributed by atoms with Gasteiger partial charge < -0.3 is 10.6 Å². The van der Waals surface area contributed by atoms with Gasteiger partial charge >= 0.3 is 0 Å². The van der Waals surface area contributed by atoms with Crippen molar-refractivity contribution < 1.29 is 4.79 Å². The number of carbonyl (C=O) groups excluding carboxylic acids is 1. The molecule has 0 aliphatic carbocycles. The van der Waals surface area contributed by atoms with Gasteiger partial charge in [0.15, 0.2) is 0 Å². The van der Waals surface area contributed by atoms with Gasteiger partial charge in [0.1, 0.15) is 11.5 Å². The summed E-state index contributed by atoms with van der Waals surface area (Å²) >= 11 is 9.28. The number of carbonyl (C=O) groups is 1. The summed E-state index contributed by atoms with van der Waals surface area (Å²) in [6, 6.07) is 5.16. The Bertz CT molecular complexity index is 651. The van der Waals surface area contributed by atoms with Crippen molar-refractivity contribution in [2.24, 2.45) is 0 Å². The van der Waals surface area contributed by atoms with Crippen LogP contribution in [0.1, 0.15) is 23.8 Å². The highest BCUT2D eigenvalue weighted by Gasteiger charge is 2.11. The molecule has 0 atom stereocenters. The fraction of sp³-hybridized carbons (Fsp3) is 0.214. The molecule has 1 aromatic carbocycles. The van der Waals surface area contributed by atoms with E-state index in [1.54, 1.807) is 24.4 Å². The van der Waals surface area contributed by atoms with Crippen molar-refractivity contribution in [3.8, 4) is 0 Å². The predicted molar refractivity (Wildman–Crippen MR) is 87.9 cm³/mol. The first-order valence-electron chi connectivity index (χ1n) is 6.42. The molecule has 0 unspecified atom stereocenters. The van der Waals surface area contributed by atoms with E-state index in [1.165, 1.54) is 6.20 Å². The fourth-order valence-corrected chi connectivity index (χ4v) is 2.11. The molecule has 0 fully saturated rings. The highest BCUT2D eigenvalue weighted by atomic mass is 79.9. The maximum absolute atomic E-state index is 12.2. The normalized spacial score (nSPS) is 10.2. The molecule has 5 nitrogen and oxygen atoms in total. The van der Waals surface area contributed by atoms with E-state index in [-0.39, 0.29) is 11.6 Å². The van der Waals surface area contributed by atoms with Gasteiger partial charge in [-0.1, -0.05) is 18.5 Å². The zero-order valence-corrected chi connectivity index (χ0v) is 13.7. The molecule has 2 aromatic rings. The van der Waals surface area contributed by atoms with Gasteiger partial charge in [0.2, 0.25) is 0 Å². The third kappa shape index (κ3) is 4.41. The topological polar surface area (TPSA) is 66.9 Å². The van der Waals surface area contributed by atoms with Crippen LogP contribution in [0.15, 0.2) is 35.1 Å². The number of nitrogens with one attached hydrogen (secondary N) is 2. The van der Waals surface area contributed by atoms with Crippen molar-refractivity contribution in [3.63, 3.8) is 0 Å². The average Bonchev–Trinajstić information content (AvgIpc) is 2.49. The third-order valence-electron chi connectivity index (χ3n) is 2.60. The van der Waals surface area contributed by atoms with E-state index >= 15 is 0 Å². The van der Waals surface area contributed by atoms with Crippen LogP contribution in [0.5, 0.6) is 0 Å². The summed E-state index contributed by atoms with van der Waals surface area (Å²) in [7, 11) is 0. The number of halogens is 2. The smallest absolute Gasteiger partial charge is 0.275 e. The molecule has 0 saturated heterocycles. The molecule has 0 bridgehead atoms. The molecular formula is C14H14BrClN4O. The van der Waals surface area contributed by atoms with E-state index in [0.717, 1.165) is 17.4 Å². The number of amides is 1. The second-order valence-corrected chi connectivity index (χ2v) is 5.59. The van der Waals surface area contributed by atoms with E-state index in [4.69, 9.17) is 11.6 Å². The second-order valence-electron chi connectivity index (χ2n) is 4.29. The van der Waals surface area contributed by atoms with Gasteiger partial charge in [-0.15, -0.1) is 0 Å². The molecule has 1 aromatic heterocycles. The van der Waals surface area contributed by atoms with Gasteiger partial charge in [0.25, 0.3) is 5.91 Å². The molecule has 0 spiro atoms. The first-order chi connectivity index (χ1) is 10.1. The summed E-state index contributed by atoms with van der Waals surface area (Å²) in [5.74, 6) is 0.236. The quantitative estimate of drug-likeness (QED) is 0.837.